The van der Waals surface area contributed by atoms with Crippen LogP contribution in [0, 0.1) is 4.84 Å². The molecule has 1 heterocycles. The minimum atomic E-state index is -0.456. The van der Waals surface area contributed by atoms with Crippen LogP contribution in [0.3, 0.4) is 0 Å². The zero-order valence-electron chi connectivity index (χ0n) is 16.5. The van der Waals surface area contributed by atoms with Crippen molar-refractivity contribution in [3.05, 3.63) is 70.9 Å². The lowest BCUT2D eigenvalue weighted by molar-refractivity contribution is -0.117. The number of ether oxygens (including phenoxy) is 2. The number of amides is 1. The van der Waals surface area contributed by atoms with E-state index >= 15 is 0 Å². The minimum absolute atomic E-state index is 0.0612. The molecule has 0 aliphatic heterocycles. The van der Waals surface area contributed by atoms with Gasteiger partial charge in [0.2, 0.25) is 5.91 Å². The smallest absolute Gasteiger partial charge is 0.338 e. The first-order chi connectivity index (χ1) is 14.4. The Kier molecular flexibility index (Phi) is 6.97. The zero-order valence-corrected chi connectivity index (χ0v) is 17.3. The molecule has 1 aromatic heterocycles. The van der Waals surface area contributed by atoms with Crippen molar-refractivity contribution < 1.29 is 23.5 Å². The molecule has 0 saturated heterocycles. The van der Waals surface area contributed by atoms with E-state index in [1.54, 1.807) is 38.1 Å². The first-order valence-corrected chi connectivity index (χ1v) is 9.67. The van der Waals surface area contributed by atoms with Gasteiger partial charge in [-0.3, -0.25) is 4.79 Å². The van der Waals surface area contributed by atoms with Gasteiger partial charge in [-0.05, 0) is 56.4 Å². The Morgan fingerprint density at radius 2 is 1.93 bits per heavy atom. The van der Waals surface area contributed by atoms with E-state index in [9.17, 15) is 9.59 Å². The first-order valence-electron chi connectivity index (χ1n) is 9.26. The molecule has 1 N–H and O–H groups in total. The molecule has 30 heavy (non-hydrogen) atoms. The lowest BCUT2D eigenvalue weighted by Crippen LogP contribution is -2.20. The Labute approximate surface area is 178 Å². The molecule has 9 heteroatoms. The summed E-state index contributed by atoms with van der Waals surface area (Å²) in [6.45, 7) is 3.48. The molecule has 1 amide bonds. The highest BCUT2D eigenvalue weighted by Gasteiger charge is 2.13. The zero-order chi connectivity index (χ0) is 21.5. The van der Waals surface area contributed by atoms with Gasteiger partial charge in [0.15, 0.2) is 6.61 Å². The second-order valence-electron chi connectivity index (χ2n) is 6.60. The molecule has 0 aliphatic rings. The molecule has 8 nitrogen and oxygen atoms in total. The second-order valence-corrected chi connectivity index (χ2v) is 6.95. The summed E-state index contributed by atoms with van der Waals surface area (Å²) in [7, 11) is 0. The van der Waals surface area contributed by atoms with E-state index in [4.69, 9.17) is 26.1 Å². The van der Waals surface area contributed by atoms with Gasteiger partial charge in [0, 0.05) is 5.69 Å². The predicted octanol–water partition coefficient (Wildman–Crippen LogP) is 3.99. The van der Waals surface area contributed by atoms with Gasteiger partial charge >= 0.3 is 5.97 Å². The van der Waals surface area contributed by atoms with Crippen LogP contribution in [0.1, 0.15) is 30.1 Å². The van der Waals surface area contributed by atoms with E-state index in [0.29, 0.717) is 17.0 Å². The van der Waals surface area contributed by atoms with E-state index in [0.717, 1.165) is 0 Å². The van der Waals surface area contributed by atoms with Gasteiger partial charge in [0.25, 0.3) is 10.7 Å². The Hall–Kier alpha value is -3.46. The van der Waals surface area contributed by atoms with Crippen molar-refractivity contribution in [3.63, 3.8) is 0 Å². The highest BCUT2D eigenvalue weighted by Crippen LogP contribution is 2.14. The number of rotatable bonds is 8. The molecule has 156 valence electrons. The maximum absolute atomic E-state index is 12.4. The number of carbonyl (C=O) groups is 2. The summed E-state index contributed by atoms with van der Waals surface area (Å²) in [6, 6.07) is 15.7. The topological polar surface area (TPSA) is 95.6 Å². The highest BCUT2D eigenvalue weighted by atomic mass is 32.1. The van der Waals surface area contributed by atoms with Gasteiger partial charge in [-0.1, -0.05) is 24.3 Å². The van der Waals surface area contributed by atoms with Crippen molar-refractivity contribution in [2.45, 2.75) is 33.1 Å². The average Bonchev–Trinajstić information content (AvgIpc) is 3.06. The summed E-state index contributed by atoms with van der Waals surface area (Å²) in [5, 5.41) is 6.88. The van der Waals surface area contributed by atoms with Crippen LogP contribution in [0.4, 0.5) is 5.69 Å². The third-order valence-corrected chi connectivity index (χ3v) is 4.07. The van der Waals surface area contributed by atoms with Crippen LogP contribution in [0.25, 0.3) is 0 Å². The standard InChI is InChI=1S/C21H21N3O5S/c1-14(2)28-20(26)15-7-6-8-16(11-15)22-18(25)12-24-21(30)29-19(23-24)13-27-17-9-4-3-5-10-17/h3-11,14H,12-13H2,1-2H3,(H,22,25). The van der Waals surface area contributed by atoms with Crippen LogP contribution in [0.5, 0.6) is 5.75 Å². The van der Waals surface area contributed by atoms with Gasteiger partial charge in [-0.15, -0.1) is 5.10 Å². The maximum Gasteiger partial charge on any atom is 0.338 e. The van der Waals surface area contributed by atoms with Crippen molar-refractivity contribution in [2.24, 2.45) is 0 Å². The van der Waals surface area contributed by atoms with E-state index in [1.807, 2.05) is 30.3 Å². The SMILES string of the molecule is CC(C)OC(=O)c1cccc(NC(=O)Cn2nc(COc3ccccc3)oc2=S)c1. The molecule has 0 fully saturated rings. The van der Waals surface area contributed by atoms with Crippen molar-refractivity contribution in [2.75, 3.05) is 5.32 Å². The van der Waals surface area contributed by atoms with E-state index in [2.05, 4.69) is 10.4 Å². The largest absolute Gasteiger partial charge is 0.484 e. The van der Waals surface area contributed by atoms with Crippen molar-refractivity contribution >= 4 is 29.8 Å². The summed E-state index contributed by atoms with van der Waals surface area (Å²) in [6.07, 6.45) is -0.232. The van der Waals surface area contributed by atoms with Crippen molar-refractivity contribution in [1.82, 2.24) is 9.78 Å². The molecule has 0 spiro atoms. The summed E-state index contributed by atoms with van der Waals surface area (Å²) >= 11 is 5.12. The molecular weight excluding hydrogens is 406 g/mol. The predicted molar refractivity (Wildman–Crippen MR) is 112 cm³/mol. The Bertz CT molecular complexity index is 1080. The van der Waals surface area contributed by atoms with E-state index < -0.39 is 5.97 Å². The Morgan fingerprint density at radius 3 is 2.67 bits per heavy atom. The summed E-state index contributed by atoms with van der Waals surface area (Å²) in [5.74, 6) is 0.101. The summed E-state index contributed by atoms with van der Waals surface area (Å²) in [4.78, 5) is 24.4. The molecule has 0 radical (unpaired) electrons. The maximum atomic E-state index is 12.4. The number of aromatic nitrogens is 2. The quantitative estimate of drug-likeness (QED) is 0.429. The molecule has 0 saturated carbocycles. The van der Waals surface area contributed by atoms with Crippen LogP contribution >= 0.6 is 12.2 Å². The summed E-state index contributed by atoms with van der Waals surface area (Å²) < 4.78 is 17.4. The van der Waals surface area contributed by atoms with E-state index in [-0.39, 0.29) is 35.9 Å². The number of nitrogens with zero attached hydrogens (tertiary/aromatic N) is 2. The van der Waals surface area contributed by atoms with Crippen molar-refractivity contribution in [1.29, 1.82) is 0 Å². The lowest BCUT2D eigenvalue weighted by Gasteiger charge is -2.09. The minimum Gasteiger partial charge on any atom is -0.484 e. The first kappa shape index (κ1) is 21.3. The number of para-hydroxylation sites is 1. The number of anilines is 1. The fraction of sp³-hybridized carbons (Fsp3) is 0.238. The van der Waals surface area contributed by atoms with Gasteiger partial charge in [-0.25, -0.2) is 9.48 Å². The molecule has 3 rings (SSSR count). The fourth-order valence-corrected chi connectivity index (χ4v) is 2.71. The number of nitrogens with one attached hydrogen (secondary N) is 1. The summed E-state index contributed by atoms with van der Waals surface area (Å²) in [5.41, 5.74) is 0.806. The molecule has 0 bridgehead atoms. The molecule has 0 atom stereocenters. The van der Waals surface area contributed by atoms with Gasteiger partial charge < -0.3 is 19.2 Å². The van der Waals surface area contributed by atoms with Crippen LogP contribution in [-0.2, 0) is 22.7 Å². The van der Waals surface area contributed by atoms with Crippen molar-refractivity contribution in [3.8, 4) is 5.75 Å². The highest BCUT2D eigenvalue weighted by molar-refractivity contribution is 7.71. The Balaban J connectivity index is 1.59. The Morgan fingerprint density at radius 1 is 1.17 bits per heavy atom. The second kappa shape index (κ2) is 9.84. The van der Waals surface area contributed by atoms with Crippen LogP contribution in [-0.4, -0.2) is 27.8 Å². The lowest BCUT2D eigenvalue weighted by atomic mass is 10.2. The average molecular weight is 427 g/mol. The monoisotopic (exact) mass is 427 g/mol. The van der Waals surface area contributed by atoms with Crippen LogP contribution in [0.15, 0.2) is 59.0 Å². The van der Waals surface area contributed by atoms with Crippen LogP contribution < -0.4 is 10.1 Å². The number of carbonyl (C=O) groups excluding carboxylic acids is 2. The van der Waals surface area contributed by atoms with Crippen LogP contribution in [0.2, 0.25) is 0 Å². The third kappa shape index (κ3) is 6.02. The number of hydrogen-bond donors (Lipinski definition) is 1. The molecule has 0 aliphatic carbocycles. The van der Waals surface area contributed by atoms with Gasteiger partial charge in [-0.2, -0.15) is 0 Å². The molecule has 2 aromatic carbocycles. The normalized spacial score (nSPS) is 10.6. The number of benzene rings is 2. The number of hydrogen-bond acceptors (Lipinski definition) is 7. The van der Waals surface area contributed by atoms with Gasteiger partial charge in [0.05, 0.1) is 11.7 Å². The fourth-order valence-electron chi connectivity index (χ4n) is 2.51. The van der Waals surface area contributed by atoms with E-state index in [1.165, 1.54) is 4.68 Å². The number of esters is 1. The molecule has 3 aromatic rings. The molecule has 0 unspecified atom stereocenters. The molecular formula is C21H21N3O5S. The van der Waals surface area contributed by atoms with Gasteiger partial charge in [0.1, 0.15) is 12.3 Å². The third-order valence-electron chi connectivity index (χ3n) is 3.77.